The lowest BCUT2D eigenvalue weighted by Gasteiger charge is -2.43. The van der Waals surface area contributed by atoms with Gasteiger partial charge in [0.05, 0.1) is 37.1 Å². The van der Waals surface area contributed by atoms with E-state index in [1.54, 1.807) is 7.11 Å². The molecule has 4 heterocycles. The number of nitrogens with zero attached hydrogens (tertiary/aromatic N) is 5. The second kappa shape index (κ2) is 8.87. The molecule has 1 aliphatic heterocycles. The molecule has 8 nitrogen and oxygen atoms in total. The number of hydrogen-bond acceptors (Lipinski definition) is 5. The van der Waals surface area contributed by atoms with E-state index in [2.05, 4.69) is 26.3 Å². The molecule has 0 spiro atoms. The predicted octanol–water partition coefficient (Wildman–Crippen LogP) is 4.79. The molecule has 3 aromatic heterocycles. The minimum atomic E-state index is 0.0413. The van der Waals surface area contributed by atoms with Crippen LogP contribution < -0.4 is 4.74 Å². The summed E-state index contributed by atoms with van der Waals surface area (Å²) < 4.78 is 16.2. The number of morpholine rings is 1. The molecule has 3 aliphatic rings. The fourth-order valence-electron chi connectivity index (χ4n) is 6.35. The van der Waals surface area contributed by atoms with Crippen LogP contribution in [0.3, 0.4) is 0 Å². The zero-order valence-electron chi connectivity index (χ0n) is 21.5. The number of carbonyl (C=O) groups excluding carboxylic acids is 1. The van der Waals surface area contributed by atoms with Gasteiger partial charge < -0.3 is 23.5 Å². The molecule has 0 N–H and O–H groups in total. The van der Waals surface area contributed by atoms with Gasteiger partial charge in [0, 0.05) is 37.3 Å². The summed E-state index contributed by atoms with van der Waals surface area (Å²) in [5.41, 5.74) is 4.33. The second-order valence-electron chi connectivity index (χ2n) is 10.8. The van der Waals surface area contributed by atoms with E-state index < -0.39 is 0 Å². The molecule has 2 atom stereocenters. The largest absolute Gasteiger partial charge is 0.494 e. The zero-order valence-corrected chi connectivity index (χ0v) is 21.5. The number of methoxy groups -OCH3 is 1. The molecule has 1 saturated heterocycles. The number of pyridine rings is 1. The fourth-order valence-corrected chi connectivity index (χ4v) is 6.35. The molecule has 7 rings (SSSR count). The van der Waals surface area contributed by atoms with Gasteiger partial charge in [0.25, 0.3) is 5.91 Å². The van der Waals surface area contributed by atoms with Crippen LogP contribution in [-0.2, 0) is 18.3 Å². The van der Waals surface area contributed by atoms with E-state index in [-0.39, 0.29) is 18.1 Å². The van der Waals surface area contributed by atoms with Crippen molar-refractivity contribution in [3.63, 3.8) is 0 Å². The number of hydrogen-bond donors (Lipinski definition) is 0. The van der Waals surface area contributed by atoms with Crippen molar-refractivity contribution >= 4 is 28.0 Å². The Balaban J connectivity index is 1.32. The highest BCUT2D eigenvalue weighted by molar-refractivity contribution is 6.00. The summed E-state index contributed by atoms with van der Waals surface area (Å²) in [6.07, 6.45) is 8.88. The van der Waals surface area contributed by atoms with Gasteiger partial charge in [-0.25, -0.2) is 9.97 Å². The standard InChI is InChI=1S/C29H33N5O3/c1-32-26-21(31-28(32)23-15-19-6-5-11-30-27(19)34(23)17-18-9-10-18)14-20(16-25(26)36-2)29(35)33-12-13-37-24-8-4-3-7-22(24)33/h5-6,11,14-16,18,22,24H,3-4,7-10,12-13,17H2,1-2H3/t22-,24+/m1/s1. The number of aromatic nitrogens is 4. The predicted molar refractivity (Wildman–Crippen MR) is 142 cm³/mol. The molecule has 3 fully saturated rings. The van der Waals surface area contributed by atoms with Gasteiger partial charge in [0.1, 0.15) is 16.9 Å². The molecule has 0 unspecified atom stereocenters. The maximum absolute atomic E-state index is 13.8. The number of carbonyl (C=O) groups is 1. The van der Waals surface area contributed by atoms with Crippen LogP contribution in [0.25, 0.3) is 33.6 Å². The first kappa shape index (κ1) is 22.8. The molecule has 0 bridgehead atoms. The smallest absolute Gasteiger partial charge is 0.254 e. The third-order valence-corrected chi connectivity index (χ3v) is 8.42. The van der Waals surface area contributed by atoms with E-state index in [4.69, 9.17) is 14.5 Å². The Bertz CT molecular complexity index is 1500. The number of imidazole rings is 1. The average molecular weight is 500 g/mol. The molecule has 2 aliphatic carbocycles. The first-order chi connectivity index (χ1) is 18.1. The van der Waals surface area contributed by atoms with Gasteiger partial charge in [-0.05, 0) is 61.9 Å². The van der Waals surface area contributed by atoms with Gasteiger partial charge in [-0.1, -0.05) is 12.8 Å². The van der Waals surface area contributed by atoms with Crippen LogP contribution in [0, 0.1) is 5.92 Å². The molecule has 192 valence electrons. The summed E-state index contributed by atoms with van der Waals surface area (Å²) in [5, 5.41) is 1.11. The number of benzene rings is 1. The summed E-state index contributed by atoms with van der Waals surface area (Å²) >= 11 is 0. The van der Waals surface area contributed by atoms with Gasteiger partial charge in [-0.15, -0.1) is 0 Å². The molecule has 8 heteroatoms. The third-order valence-electron chi connectivity index (χ3n) is 8.42. The molecular formula is C29H33N5O3. The van der Waals surface area contributed by atoms with Gasteiger partial charge in [-0.3, -0.25) is 4.79 Å². The van der Waals surface area contributed by atoms with E-state index in [0.717, 1.165) is 59.4 Å². The lowest BCUT2D eigenvalue weighted by molar-refractivity contribution is -0.0752. The Morgan fingerprint density at radius 2 is 2.03 bits per heavy atom. The lowest BCUT2D eigenvalue weighted by atomic mass is 9.89. The maximum Gasteiger partial charge on any atom is 0.254 e. The maximum atomic E-state index is 13.8. The van der Waals surface area contributed by atoms with Crippen molar-refractivity contribution in [3.05, 3.63) is 42.1 Å². The molecule has 2 saturated carbocycles. The van der Waals surface area contributed by atoms with Crippen molar-refractivity contribution in [3.8, 4) is 17.3 Å². The first-order valence-corrected chi connectivity index (χ1v) is 13.5. The van der Waals surface area contributed by atoms with Crippen molar-refractivity contribution in [2.45, 2.75) is 57.2 Å². The van der Waals surface area contributed by atoms with E-state index in [1.165, 1.54) is 19.3 Å². The summed E-state index contributed by atoms with van der Waals surface area (Å²) in [4.78, 5) is 25.6. The topological polar surface area (TPSA) is 74.4 Å². The van der Waals surface area contributed by atoms with Crippen LogP contribution >= 0.6 is 0 Å². The molecule has 4 aromatic rings. The molecule has 37 heavy (non-hydrogen) atoms. The summed E-state index contributed by atoms with van der Waals surface area (Å²) in [6.45, 7) is 2.17. The van der Waals surface area contributed by atoms with Crippen LogP contribution in [0.4, 0.5) is 0 Å². The summed E-state index contributed by atoms with van der Waals surface area (Å²) in [7, 11) is 3.69. The van der Waals surface area contributed by atoms with E-state index in [1.807, 2.05) is 36.3 Å². The van der Waals surface area contributed by atoms with Crippen molar-refractivity contribution < 1.29 is 14.3 Å². The van der Waals surface area contributed by atoms with Gasteiger partial charge in [0.15, 0.2) is 5.82 Å². The van der Waals surface area contributed by atoms with Crippen LogP contribution in [0.1, 0.15) is 48.9 Å². The Kier molecular flexibility index (Phi) is 5.46. The summed E-state index contributed by atoms with van der Waals surface area (Å²) in [6, 6.07) is 10.2. The van der Waals surface area contributed by atoms with Gasteiger partial charge >= 0.3 is 0 Å². The second-order valence-corrected chi connectivity index (χ2v) is 10.8. The highest BCUT2D eigenvalue weighted by Crippen LogP contribution is 2.38. The number of ether oxygens (including phenoxy) is 2. The van der Waals surface area contributed by atoms with E-state index >= 15 is 0 Å². The van der Waals surface area contributed by atoms with Crippen molar-refractivity contribution in [1.82, 2.24) is 24.0 Å². The van der Waals surface area contributed by atoms with Gasteiger partial charge in [-0.2, -0.15) is 0 Å². The van der Waals surface area contributed by atoms with Crippen molar-refractivity contribution in [2.24, 2.45) is 13.0 Å². The van der Waals surface area contributed by atoms with Crippen molar-refractivity contribution in [1.29, 1.82) is 0 Å². The van der Waals surface area contributed by atoms with E-state index in [0.29, 0.717) is 30.4 Å². The molecule has 1 aromatic carbocycles. The highest BCUT2D eigenvalue weighted by atomic mass is 16.5. The monoisotopic (exact) mass is 499 g/mol. The molecular weight excluding hydrogens is 466 g/mol. The number of fused-ring (bicyclic) bond motifs is 3. The summed E-state index contributed by atoms with van der Waals surface area (Å²) in [5.74, 6) is 2.26. The normalized spacial score (nSPS) is 21.9. The third kappa shape index (κ3) is 3.81. The fraction of sp³-hybridized carbons (Fsp3) is 0.483. The molecule has 0 radical (unpaired) electrons. The van der Waals surface area contributed by atoms with Crippen LogP contribution in [-0.4, -0.2) is 62.3 Å². The number of rotatable bonds is 5. The first-order valence-electron chi connectivity index (χ1n) is 13.5. The Morgan fingerprint density at radius 1 is 1.16 bits per heavy atom. The minimum Gasteiger partial charge on any atom is -0.494 e. The Morgan fingerprint density at radius 3 is 2.86 bits per heavy atom. The average Bonchev–Trinajstić information content (AvgIpc) is 3.60. The number of amides is 1. The van der Waals surface area contributed by atoms with Crippen LogP contribution in [0.2, 0.25) is 0 Å². The SMILES string of the molecule is COc1cc(C(=O)N2CCO[C@H]3CCCC[C@H]32)cc2nc(-c3cc4cccnc4n3CC3CC3)n(C)c12. The van der Waals surface area contributed by atoms with Crippen LogP contribution in [0.15, 0.2) is 36.5 Å². The van der Waals surface area contributed by atoms with Gasteiger partial charge in [0.2, 0.25) is 0 Å². The van der Waals surface area contributed by atoms with Crippen LogP contribution in [0.5, 0.6) is 5.75 Å². The Hall–Kier alpha value is -3.39. The quantitative estimate of drug-likeness (QED) is 0.395. The number of aryl methyl sites for hydroxylation is 1. The lowest BCUT2D eigenvalue weighted by Crippen LogP contribution is -2.54. The zero-order chi connectivity index (χ0) is 25.1. The highest BCUT2D eigenvalue weighted by Gasteiger charge is 2.37. The molecule has 1 amide bonds. The minimum absolute atomic E-state index is 0.0413. The van der Waals surface area contributed by atoms with Crippen molar-refractivity contribution in [2.75, 3.05) is 20.3 Å². The van der Waals surface area contributed by atoms with E-state index in [9.17, 15) is 4.79 Å². The Labute approximate surface area is 216 Å².